The van der Waals surface area contributed by atoms with E-state index in [0.29, 0.717) is 11.4 Å². The van der Waals surface area contributed by atoms with Crippen molar-refractivity contribution in [1.29, 1.82) is 5.26 Å². The molecule has 0 bridgehead atoms. The van der Waals surface area contributed by atoms with E-state index in [1.54, 1.807) is 18.2 Å². The fourth-order valence-electron chi connectivity index (χ4n) is 2.60. The number of nitro benzene ring substituents is 1. The number of carbonyl (C=O) groups is 1. The molecule has 1 N–H and O–H groups in total. The molecule has 0 aromatic heterocycles. The Balaban J connectivity index is 2.25. The molecule has 1 fully saturated rings. The molecule has 1 saturated heterocycles. The van der Waals surface area contributed by atoms with Gasteiger partial charge in [-0.15, -0.1) is 0 Å². The van der Waals surface area contributed by atoms with Gasteiger partial charge in [0.15, 0.2) is 0 Å². The molecule has 2 rings (SSSR count). The van der Waals surface area contributed by atoms with Gasteiger partial charge in [0, 0.05) is 24.8 Å². The molecule has 0 aliphatic carbocycles. The Morgan fingerprint density at radius 2 is 2.00 bits per heavy atom. The lowest BCUT2D eigenvalue weighted by atomic mass is 10.2. The predicted molar refractivity (Wildman–Crippen MR) is 82.6 cm³/mol. The Bertz CT molecular complexity index is 601. The average Bonchev–Trinajstić information content (AvgIpc) is 2.76. The summed E-state index contributed by atoms with van der Waals surface area (Å²) in [6.45, 7) is 1.61. The van der Waals surface area contributed by atoms with Crippen molar-refractivity contribution in [2.45, 2.75) is 32.1 Å². The number of benzene rings is 1. The normalized spacial score (nSPS) is 14.8. The van der Waals surface area contributed by atoms with Gasteiger partial charge in [-0.3, -0.25) is 14.9 Å². The van der Waals surface area contributed by atoms with E-state index in [2.05, 4.69) is 5.32 Å². The molecular weight excluding hydrogens is 284 g/mol. The number of anilines is 2. The first-order valence-electron chi connectivity index (χ1n) is 7.32. The lowest BCUT2D eigenvalue weighted by molar-refractivity contribution is -0.384. The van der Waals surface area contributed by atoms with E-state index in [1.807, 2.05) is 4.90 Å². The van der Waals surface area contributed by atoms with Gasteiger partial charge in [-0.1, -0.05) is 12.8 Å². The minimum Gasteiger partial charge on any atom is -0.366 e. The van der Waals surface area contributed by atoms with Crippen LogP contribution in [0.1, 0.15) is 32.1 Å². The maximum Gasteiger partial charge on any atom is 0.294 e. The first-order chi connectivity index (χ1) is 10.6. The number of carbonyl (C=O) groups excluding carboxylic acids is 1. The number of hydrogen-bond donors (Lipinski definition) is 1. The molecule has 1 aromatic carbocycles. The zero-order valence-electron chi connectivity index (χ0n) is 12.2. The van der Waals surface area contributed by atoms with E-state index in [1.165, 1.54) is 6.07 Å². The predicted octanol–water partition coefficient (Wildman–Crippen LogP) is 2.83. The Kier molecular flexibility index (Phi) is 5.31. The third kappa shape index (κ3) is 3.95. The molecule has 1 aliphatic rings. The van der Waals surface area contributed by atoms with Gasteiger partial charge < -0.3 is 10.2 Å². The van der Waals surface area contributed by atoms with Crippen molar-refractivity contribution < 1.29 is 9.72 Å². The van der Waals surface area contributed by atoms with Crippen molar-refractivity contribution in [3.8, 4) is 6.07 Å². The largest absolute Gasteiger partial charge is 0.366 e. The highest BCUT2D eigenvalue weighted by molar-refractivity contribution is 5.92. The van der Waals surface area contributed by atoms with E-state index in [9.17, 15) is 14.9 Å². The molecule has 1 heterocycles. The van der Waals surface area contributed by atoms with Gasteiger partial charge in [-0.25, -0.2) is 0 Å². The molecule has 7 nitrogen and oxygen atoms in total. The van der Waals surface area contributed by atoms with Crippen LogP contribution in [-0.2, 0) is 4.79 Å². The maximum atomic E-state index is 11.4. The highest BCUT2D eigenvalue weighted by atomic mass is 16.6. The molecule has 1 aliphatic heterocycles. The highest BCUT2D eigenvalue weighted by Gasteiger charge is 2.21. The monoisotopic (exact) mass is 302 g/mol. The molecule has 22 heavy (non-hydrogen) atoms. The number of amides is 1. The second-order valence-electron chi connectivity index (χ2n) is 5.24. The average molecular weight is 302 g/mol. The second kappa shape index (κ2) is 7.41. The Morgan fingerprint density at radius 1 is 1.32 bits per heavy atom. The van der Waals surface area contributed by atoms with E-state index in [0.717, 1.165) is 38.8 Å². The molecule has 1 aromatic rings. The first-order valence-corrected chi connectivity index (χ1v) is 7.32. The van der Waals surface area contributed by atoms with E-state index in [4.69, 9.17) is 5.26 Å². The van der Waals surface area contributed by atoms with Crippen LogP contribution in [0, 0.1) is 21.4 Å². The summed E-state index contributed by atoms with van der Waals surface area (Å²) >= 11 is 0. The minimum absolute atomic E-state index is 0.0170. The van der Waals surface area contributed by atoms with Crippen LogP contribution in [0.3, 0.4) is 0 Å². The maximum absolute atomic E-state index is 11.4. The quantitative estimate of drug-likeness (QED) is 0.681. The zero-order chi connectivity index (χ0) is 15.9. The summed E-state index contributed by atoms with van der Waals surface area (Å²) in [6.07, 6.45) is 4.07. The van der Waals surface area contributed by atoms with Crippen LogP contribution in [0.15, 0.2) is 18.2 Å². The summed E-state index contributed by atoms with van der Waals surface area (Å²) in [5, 5.41) is 22.3. The molecule has 0 spiro atoms. The highest BCUT2D eigenvalue weighted by Crippen LogP contribution is 2.32. The fourth-order valence-corrected chi connectivity index (χ4v) is 2.60. The van der Waals surface area contributed by atoms with E-state index < -0.39 is 10.8 Å². The lowest BCUT2D eigenvalue weighted by Crippen LogP contribution is -2.24. The van der Waals surface area contributed by atoms with Crippen molar-refractivity contribution in [2.24, 2.45) is 0 Å². The molecule has 0 radical (unpaired) electrons. The summed E-state index contributed by atoms with van der Waals surface area (Å²) in [6, 6.07) is 6.41. The van der Waals surface area contributed by atoms with Crippen LogP contribution in [0.5, 0.6) is 0 Å². The van der Waals surface area contributed by atoms with Gasteiger partial charge in [0.2, 0.25) is 5.91 Å². The molecule has 7 heteroatoms. The first kappa shape index (κ1) is 15.8. The molecule has 1 amide bonds. The molecular formula is C15H18N4O3. The fraction of sp³-hybridized carbons (Fsp3) is 0.467. The Morgan fingerprint density at radius 3 is 2.59 bits per heavy atom. The van der Waals surface area contributed by atoms with E-state index >= 15 is 0 Å². The van der Waals surface area contributed by atoms with Crippen LogP contribution in [0.4, 0.5) is 17.1 Å². The van der Waals surface area contributed by atoms with Crippen molar-refractivity contribution in [1.82, 2.24) is 0 Å². The number of nitrogens with one attached hydrogen (secondary N) is 1. The van der Waals surface area contributed by atoms with Crippen molar-refractivity contribution in [3.05, 3.63) is 28.3 Å². The van der Waals surface area contributed by atoms with Gasteiger partial charge in [-0.2, -0.15) is 5.26 Å². The number of nitriles is 1. The standard InChI is InChI=1S/C15H18N4O3/c16-8-7-15(20)17-12-5-6-13(14(11-12)19(21)22)18-9-3-1-2-4-10-18/h5-6,11H,1-4,7,9-10H2,(H,17,20). The molecule has 0 unspecified atom stereocenters. The van der Waals surface area contributed by atoms with Crippen LogP contribution in [0.25, 0.3) is 0 Å². The smallest absolute Gasteiger partial charge is 0.294 e. The van der Waals surface area contributed by atoms with Crippen LogP contribution in [-0.4, -0.2) is 23.9 Å². The topological polar surface area (TPSA) is 99.3 Å². The zero-order valence-corrected chi connectivity index (χ0v) is 12.2. The van der Waals surface area contributed by atoms with Gasteiger partial charge in [0.1, 0.15) is 12.1 Å². The number of nitrogens with zero attached hydrogens (tertiary/aromatic N) is 3. The van der Waals surface area contributed by atoms with E-state index in [-0.39, 0.29) is 12.1 Å². The Labute approximate surface area is 128 Å². The third-order valence-electron chi connectivity index (χ3n) is 3.64. The van der Waals surface area contributed by atoms with Gasteiger partial charge in [0.05, 0.1) is 11.0 Å². The number of hydrogen-bond acceptors (Lipinski definition) is 5. The van der Waals surface area contributed by atoms with Gasteiger partial charge in [0.25, 0.3) is 5.69 Å². The Hall–Kier alpha value is -2.62. The second-order valence-corrected chi connectivity index (χ2v) is 5.24. The summed E-state index contributed by atoms with van der Waals surface area (Å²) in [5.41, 5.74) is 0.910. The van der Waals surface area contributed by atoms with Crippen molar-refractivity contribution in [3.63, 3.8) is 0 Å². The van der Waals surface area contributed by atoms with Crippen LogP contribution < -0.4 is 10.2 Å². The molecule has 0 atom stereocenters. The summed E-state index contributed by atoms with van der Waals surface area (Å²) in [4.78, 5) is 24.3. The molecule has 116 valence electrons. The van der Waals surface area contributed by atoms with Crippen LogP contribution in [0.2, 0.25) is 0 Å². The van der Waals surface area contributed by atoms with Crippen molar-refractivity contribution in [2.75, 3.05) is 23.3 Å². The van der Waals surface area contributed by atoms with Crippen molar-refractivity contribution >= 4 is 23.0 Å². The number of nitro groups is 1. The summed E-state index contributed by atoms with van der Waals surface area (Å²) < 4.78 is 0. The number of rotatable bonds is 4. The van der Waals surface area contributed by atoms with Gasteiger partial charge in [-0.05, 0) is 25.0 Å². The SMILES string of the molecule is N#CCC(=O)Nc1ccc(N2CCCCCC2)c([N+](=O)[O-])c1. The van der Waals surface area contributed by atoms with Crippen LogP contribution >= 0.6 is 0 Å². The summed E-state index contributed by atoms with van der Waals surface area (Å²) in [5.74, 6) is -0.473. The minimum atomic E-state index is -0.473. The lowest BCUT2D eigenvalue weighted by Gasteiger charge is -2.22. The van der Waals surface area contributed by atoms with Gasteiger partial charge >= 0.3 is 0 Å². The summed E-state index contributed by atoms with van der Waals surface area (Å²) in [7, 11) is 0. The third-order valence-corrected chi connectivity index (χ3v) is 3.64. The molecule has 0 saturated carbocycles.